The lowest BCUT2D eigenvalue weighted by atomic mass is 10.1. The van der Waals surface area contributed by atoms with Gasteiger partial charge in [-0.2, -0.15) is 0 Å². The number of rotatable bonds is 5. The van der Waals surface area contributed by atoms with E-state index in [1.807, 2.05) is 0 Å². The molecule has 0 aliphatic carbocycles. The Kier molecular flexibility index (Phi) is 4.16. The molecule has 0 unspecified atom stereocenters. The van der Waals surface area contributed by atoms with Gasteiger partial charge in [0.15, 0.2) is 5.82 Å². The Morgan fingerprint density at radius 1 is 1.50 bits per heavy atom. The van der Waals surface area contributed by atoms with Crippen molar-refractivity contribution < 1.29 is 19.4 Å². The number of aromatic nitrogens is 2. The average molecular weight is 303 g/mol. The zero-order valence-electron chi connectivity index (χ0n) is 11.8. The van der Waals surface area contributed by atoms with Gasteiger partial charge in [0.1, 0.15) is 12.1 Å². The molecule has 0 bridgehead atoms. The van der Waals surface area contributed by atoms with Crippen LogP contribution in [-0.2, 0) is 4.79 Å². The van der Waals surface area contributed by atoms with Crippen LogP contribution in [0.2, 0.25) is 0 Å². The van der Waals surface area contributed by atoms with Crippen LogP contribution < -0.4 is 10.5 Å². The van der Waals surface area contributed by atoms with Gasteiger partial charge < -0.3 is 20.6 Å². The summed E-state index contributed by atoms with van der Waals surface area (Å²) < 4.78 is 5.13. The average Bonchev–Trinajstić information content (AvgIpc) is 2.91. The molecule has 2 aromatic heterocycles. The van der Waals surface area contributed by atoms with Crippen molar-refractivity contribution in [3.8, 4) is 5.75 Å². The molecule has 0 aromatic carbocycles. The number of H-pyrrole nitrogens is 1. The largest absolute Gasteiger partial charge is 0.494 e. The van der Waals surface area contributed by atoms with Crippen LogP contribution in [0, 0.1) is 0 Å². The van der Waals surface area contributed by atoms with Crippen LogP contribution >= 0.6 is 0 Å². The van der Waals surface area contributed by atoms with Gasteiger partial charge in [0.25, 0.3) is 5.78 Å². The number of carboxylic acids is 1. The minimum absolute atomic E-state index is 0.0308. The van der Waals surface area contributed by atoms with Gasteiger partial charge in [-0.15, -0.1) is 0 Å². The summed E-state index contributed by atoms with van der Waals surface area (Å²) in [6.07, 6.45) is 3.84. The molecule has 2 heterocycles. The number of hydrogen-bond donors (Lipinski definition) is 3. The van der Waals surface area contributed by atoms with Gasteiger partial charge in [-0.1, -0.05) is 0 Å². The van der Waals surface area contributed by atoms with E-state index in [-0.39, 0.29) is 17.1 Å². The maximum atomic E-state index is 11.7. The first-order chi connectivity index (χ1) is 10.5. The fourth-order valence-electron chi connectivity index (χ4n) is 1.83. The second-order valence-corrected chi connectivity index (χ2v) is 4.25. The quantitative estimate of drug-likeness (QED) is 0.324. The van der Waals surface area contributed by atoms with Crippen molar-refractivity contribution in [2.75, 3.05) is 7.11 Å². The lowest BCUT2D eigenvalue weighted by Crippen LogP contribution is -2.12. The molecule has 4 N–H and O–H groups in total. The summed E-state index contributed by atoms with van der Waals surface area (Å²) >= 11 is 0. The first-order valence-electron chi connectivity index (χ1n) is 6.09. The predicted octanol–water partition coefficient (Wildman–Crippen LogP) is 0.876. The summed E-state index contributed by atoms with van der Waals surface area (Å²) in [5.41, 5.74) is 5.73. The van der Waals surface area contributed by atoms with Crippen LogP contribution in [0.4, 0.5) is 5.82 Å². The monoisotopic (exact) mass is 303 g/mol. The van der Waals surface area contributed by atoms with Crippen molar-refractivity contribution in [2.45, 2.75) is 6.92 Å². The van der Waals surface area contributed by atoms with E-state index in [2.05, 4.69) is 20.0 Å². The van der Waals surface area contributed by atoms with Crippen molar-refractivity contribution in [1.82, 2.24) is 9.97 Å². The zero-order chi connectivity index (χ0) is 16.3. The summed E-state index contributed by atoms with van der Waals surface area (Å²) in [5.74, 6) is -1.81. The highest BCUT2D eigenvalue weighted by Crippen LogP contribution is 2.33. The highest BCUT2D eigenvalue weighted by molar-refractivity contribution is 6.42. The molecule has 0 saturated heterocycles. The number of Topliss-reactive ketones (excluding diaryl/α,β-unsaturated/α-hetero) is 1. The van der Waals surface area contributed by atoms with Crippen molar-refractivity contribution in [1.29, 1.82) is 0 Å². The number of fused-ring (bicyclic) bond motifs is 1. The van der Waals surface area contributed by atoms with Gasteiger partial charge in [-0.05, 0) is 6.92 Å². The smallest absolute Gasteiger partial charge is 0.377 e. The Morgan fingerprint density at radius 2 is 2.23 bits per heavy atom. The third-order valence-corrected chi connectivity index (χ3v) is 2.75. The summed E-state index contributed by atoms with van der Waals surface area (Å²) in [4.78, 5) is 37.3. The number of nitrogens with one attached hydrogen (secondary N) is 1. The fourth-order valence-corrected chi connectivity index (χ4v) is 1.83. The standard InChI is InChI=1S/C13H13N5O4/c1-6(14)17-5-18-12-10-9(8(22-2)4-16-12)7(3-15-10)11(19)13(20)21/h3-5,15H,1-2H3,(H,20,21)(H2,14,16,17,18). The summed E-state index contributed by atoms with van der Waals surface area (Å²) in [5, 5.41) is 9.16. The van der Waals surface area contributed by atoms with Crippen molar-refractivity contribution in [2.24, 2.45) is 15.7 Å². The topological polar surface area (TPSA) is 143 Å². The number of carboxylic acid groups (broad SMARTS) is 1. The van der Waals surface area contributed by atoms with Crippen LogP contribution in [-0.4, -0.2) is 46.1 Å². The van der Waals surface area contributed by atoms with Gasteiger partial charge in [0.05, 0.1) is 35.6 Å². The molecule has 9 heteroatoms. The van der Waals surface area contributed by atoms with E-state index in [0.717, 1.165) is 0 Å². The third kappa shape index (κ3) is 2.77. The lowest BCUT2D eigenvalue weighted by Gasteiger charge is -2.04. The maximum Gasteiger partial charge on any atom is 0.377 e. The van der Waals surface area contributed by atoms with E-state index < -0.39 is 11.8 Å². The molecule has 22 heavy (non-hydrogen) atoms. The van der Waals surface area contributed by atoms with E-state index in [9.17, 15) is 9.59 Å². The number of ketones is 1. The predicted molar refractivity (Wildman–Crippen MR) is 80.1 cm³/mol. The number of carbonyl (C=O) groups excluding carboxylic acids is 1. The van der Waals surface area contributed by atoms with Gasteiger partial charge in [0, 0.05) is 6.20 Å². The summed E-state index contributed by atoms with van der Waals surface area (Å²) in [6, 6.07) is 0. The first-order valence-corrected chi connectivity index (χ1v) is 6.09. The normalized spacial score (nSPS) is 12.0. The third-order valence-electron chi connectivity index (χ3n) is 2.75. The zero-order valence-corrected chi connectivity index (χ0v) is 11.8. The van der Waals surface area contributed by atoms with Crippen LogP contribution in [0.5, 0.6) is 5.75 Å². The number of aliphatic carboxylic acids is 1. The van der Waals surface area contributed by atoms with E-state index in [0.29, 0.717) is 16.7 Å². The molecule has 0 aliphatic heterocycles. The SMILES string of the molecule is COc1cnc(N=CN=C(C)N)c2[nH]cc(C(=O)C(=O)O)c12. The summed E-state index contributed by atoms with van der Waals surface area (Å²) in [7, 11) is 1.39. The van der Waals surface area contributed by atoms with Gasteiger partial charge in [0.2, 0.25) is 0 Å². The van der Waals surface area contributed by atoms with E-state index in [1.165, 1.54) is 25.8 Å². The molecule has 114 valence electrons. The van der Waals surface area contributed by atoms with E-state index >= 15 is 0 Å². The molecular formula is C13H13N5O4. The van der Waals surface area contributed by atoms with Gasteiger partial charge in [-0.25, -0.2) is 19.8 Å². The molecule has 0 fully saturated rings. The molecule has 0 radical (unpaired) electrons. The fraction of sp³-hybridized carbons (Fsp3) is 0.154. The lowest BCUT2D eigenvalue weighted by molar-refractivity contribution is -0.131. The van der Waals surface area contributed by atoms with Crippen LogP contribution in [0.25, 0.3) is 10.9 Å². The number of hydrogen-bond acceptors (Lipinski definition) is 5. The molecule has 0 spiro atoms. The number of ether oxygens (including phenoxy) is 1. The van der Waals surface area contributed by atoms with Crippen LogP contribution in [0.3, 0.4) is 0 Å². The molecule has 0 aliphatic rings. The molecule has 0 atom stereocenters. The number of carbonyl (C=O) groups is 2. The number of aliphatic imine (C=N–C) groups is 2. The minimum Gasteiger partial charge on any atom is -0.494 e. The van der Waals surface area contributed by atoms with Gasteiger partial charge in [-0.3, -0.25) is 4.79 Å². The summed E-state index contributed by atoms with van der Waals surface area (Å²) in [6.45, 7) is 1.60. The number of aromatic amines is 1. The Hall–Kier alpha value is -3.23. The van der Waals surface area contributed by atoms with Crippen molar-refractivity contribution >= 4 is 40.6 Å². The number of nitrogens with zero attached hydrogens (tertiary/aromatic N) is 3. The second-order valence-electron chi connectivity index (χ2n) is 4.25. The molecule has 2 aromatic rings. The first kappa shape index (κ1) is 15.2. The highest BCUT2D eigenvalue weighted by atomic mass is 16.5. The van der Waals surface area contributed by atoms with Crippen molar-refractivity contribution in [3.63, 3.8) is 0 Å². The number of pyridine rings is 1. The number of amidine groups is 1. The molecule has 2 rings (SSSR count). The Bertz CT molecular complexity index is 802. The molecule has 0 saturated carbocycles. The number of methoxy groups -OCH3 is 1. The molecule has 0 amide bonds. The van der Waals surface area contributed by atoms with Gasteiger partial charge >= 0.3 is 5.97 Å². The highest BCUT2D eigenvalue weighted by Gasteiger charge is 2.23. The van der Waals surface area contributed by atoms with Crippen LogP contribution in [0.1, 0.15) is 17.3 Å². The molecule has 9 nitrogen and oxygen atoms in total. The van der Waals surface area contributed by atoms with Crippen LogP contribution in [0.15, 0.2) is 22.4 Å². The Morgan fingerprint density at radius 3 is 2.82 bits per heavy atom. The van der Waals surface area contributed by atoms with E-state index in [4.69, 9.17) is 15.6 Å². The minimum atomic E-state index is -1.56. The number of nitrogens with two attached hydrogens (primary N) is 1. The Labute approximate surface area is 124 Å². The second kappa shape index (κ2) is 6.04. The Balaban J connectivity index is 2.64. The molecular weight excluding hydrogens is 290 g/mol. The van der Waals surface area contributed by atoms with E-state index in [1.54, 1.807) is 6.92 Å². The maximum absolute atomic E-state index is 11.7. The van der Waals surface area contributed by atoms with Crippen molar-refractivity contribution in [3.05, 3.63) is 18.0 Å².